The van der Waals surface area contributed by atoms with E-state index in [0.29, 0.717) is 24.9 Å². The fourth-order valence-electron chi connectivity index (χ4n) is 3.70. The third-order valence-corrected chi connectivity index (χ3v) is 8.32. The quantitative estimate of drug-likeness (QED) is 0.427. The number of ether oxygens (including phenoxy) is 1. The van der Waals surface area contributed by atoms with E-state index in [1.807, 2.05) is 24.3 Å². The van der Waals surface area contributed by atoms with Crippen LogP contribution in [0.5, 0.6) is 0 Å². The number of fused-ring (bicyclic) bond motifs is 1. The second-order valence-corrected chi connectivity index (χ2v) is 11.0. The van der Waals surface area contributed by atoms with Crippen LogP contribution in [0.15, 0.2) is 53.4 Å². The smallest absolute Gasteiger partial charge is 0.229 e. The lowest BCUT2D eigenvalue weighted by Gasteiger charge is -2.27. The second kappa shape index (κ2) is 10.7. The van der Waals surface area contributed by atoms with Crippen molar-refractivity contribution in [3.8, 4) is 0 Å². The summed E-state index contributed by atoms with van der Waals surface area (Å²) in [5, 5.41) is 0.572. The average Bonchev–Trinajstić information content (AvgIpc) is 3.25. The van der Waals surface area contributed by atoms with Crippen LogP contribution >= 0.6 is 11.3 Å². The van der Waals surface area contributed by atoms with Gasteiger partial charge in [-0.25, -0.2) is 17.8 Å². The minimum Gasteiger partial charge on any atom is -0.379 e. The Morgan fingerprint density at radius 1 is 1.12 bits per heavy atom. The van der Waals surface area contributed by atoms with E-state index in [9.17, 15) is 17.6 Å². The third-order valence-electron chi connectivity index (χ3n) is 5.53. The SMILES string of the molecule is O=C(CCS(=O)(=O)c1ccc(F)cc1)N(CCCN1CCOCC1)c1nc2ccccc2s1. The highest BCUT2D eigenvalue weighted by atomic mass is 32.2. The van der Waals surface area contributed by atoms with E-state index in [1.54, 1.807) is 4.90 Å². The largest absolute Gasteiger partial charge is 0.379 e. The molecule has 3 aromatic rings. The van der Waals surface area contributed by atoms with Crippen LogP contribution in [0.1, 0.15) is 12.8 Å². The maximum absolute atomic E-state index is 13.2. The zero-order valence-corrected chi connectivity index (χ0v) is 19.8. The molecule has 4 rings (SSSR count). The molecule has 0 aliphatic carbocycles. The lowest BCUT2D eigenvalue weighted by atomic mass is 10.3. The average molecular weight is 492 g/mol. The number of hydrogen-bond donors (Lipinski definition) is 0. The topological polar surface area (TPSA) is 79.8 Å². The summed E-state index contributed by atoms with van der Waals surface area (Å²) < 4.78 is 44.8. The Morgan fingerprint density at radius 2 is 1.85 bits per heavy atom. The molecule has 0 unspecified atom stereocenters. The molecule has 10 heteroatoms. The zero-order chi connectivity index (χ0) is 23.3. The van der Waals surface area contributed by atoms with Crippen LogP contribution in [0, 0.1) is 5.82 Å². The lowest BCUT2D eigenvalue weighted by molar-refractivity contribution is -0.118. The molecule has 0 spiro atoms. The van der Waals surface area contributed by atoms with Crippen molar-refractivity contribution in [2.75, 3.05) is 50.0 Å². The summed E-state index contributed by atoms with van der Waals surface area (Å²) in [6, 6.07) is 12.3. The fraction of sp³-hybridized carbons (Fsp3) is 0.391. The van der Waals surface area contributed by atoms with E-state index in [1.165, 1.54) is 23.5 Å². The normalized spacial score (nSPS) is 15.1. The lowest BCUT2D eigenvalue weighted by Crippen LogP contribution is -2.39. The van der Waals surface area contributed by atoms with Gasteiger partial charge in [0, 0.05) is 32.6 Å². The molecule has 1 saturated heterocycles. The van der Waals surface area contributed by atoms with Gasteiger partial charge in [-0.1, -0.05) is 23.5 Å². The Kier molecular flexibility index (Phi) is 7.69. The van der Waals surface area contributed by atoms with E-state index < -0.39 is 15.7 Å². The second-order valence-electron chi connectivity index (χ2n) is 7.84. The highest BCUT2D eigenvalue weighted by Gasteiger charge is 2.23. The molecule has 0 N–H and O–H groups in total. The number of halogens is 1. The number of sulfone groups is 1. The van der Waals surface area contributed by atoms with Gasteiger partial charge in [-0.05, 0) is 42.8 Å². The molecule has 1 aliphatic rings. The summed E-state index contributed by atoms with van der Waals surface area (Å²) in [4.78, 5) is 21.7. The minimum absolute atomic E-state index is 0.00977. The number of thiazole rings is 1. The van der Waals surface area contributed by atoms with Gasteiger partial charge in [0.25, 0.3) is 0 Å². The van der Waals surface area contributed by atoms with Crippen LogP contribution < -0.4 is 4.90 Å². The molecule has 2 heterocycles. The van der Waals surface area contributed by atoms with Crippen molar-refractivity contribution in [2.45, 2.75) is 17.7 Å². The summed E-state index contributed by atoms with van der Waals surface area (Å²) in [7, 11) is -3.70. The molecular weight excluding hydrogens is 465 g/mol. The number of amides is 1. The van der Waals surface area contributed by atoms with Crippen molar-refractivity contribution in [2.24, 2.45) is 0 Å². The van der Waals surface area contributed by atoms with Gasteiger partial charge in [0.15, 0.2) is 15.0 Å². The molecule has 1 amide bonds. The Balaban J connectivity index is 1.46. The van der Waals surface area contributed by atoms with Crippen molar-refractivity contribution in [1.29, 1.82) is 0 Å². The van der Waals surface area contributed by atoms with Crippen LogP contribution in [0.2, 0.25) is 0 Å². The molecule has 176 valence electrons. The van der Waals surface area contributed by atoms with Gasteiger partial charge < -0.3 is 4.74 Å². The van der Waals surface area contributed by atoms with Crippen LogP contribution in [0.25, 0.3) is 10.2 Å². The van der Waals surface area contributed by atoms with Gasteiger partial charge in [0.2, 0.25) is 5.91 Å². The summed E-state index contributed by atoms with van der Waals surface area (Å²) in [5.74, 6) is -1.14. The first kappa shape index (κ1) is 23.7. The van der Waals surface area contributed by atoms with Crippen LogP contribution in [-0.4, -0.2) is 69.4 Å². The van der Waals surface area contributed by atoms with Crippen molar-refractivity contribution in [1.82, 2.24) is 9.88 Å². The van der Waals surface area contributed by atoms with E-state index >= 15 is 0 Å². The van der Waals surface area contributed by atoms with Gasteiger partial charge in [-0.15, -0.1) is 0 Å². The molecule has 1 fully saturated rings. The molecule has 0 bridgehead atoms. The molecule has 0 radical (unpaired) electrons. The number of para-hydroxylation sites is 1. The first-order valence-corrected chi connectivity index (χ1v) is 13.3. The maximum atomic E-state index is 13.2. The summed E-state index contributed by atoms with van der Waals surface area (Å²) in [6.45, 7) is 4.43. The number of rotatable bonds is 9. The predicted molar refractivity (Wildman–Crippen MR) is 127 cm³/mol. The Bertz CT molecular complexity index is 1160. The van der Waals surface area contributed by atoms with Crippen molar-refractivity contribution in [3.63, 3.8) is 0 Å². The number of carbonyl (C=O) groups excluding carboxylic acids is 1. The molecule has 0 atom stereocenters. The van der Waals surface area contributed by atoms with E-state index in [2.05, 4.69) is 9.88 Å². The number of anilines is 1. The Labute approximate surface area is 196 Å². The number of carbonyl (C=O) groups is 1. The van der Waals surface area contributed by atoms with Crippen LogP contribution in [0.3, 0.4) is 0 Å². The van der Waals surface area contributed by atoms with E-state index in [4.69, 9.17) is 4.74 Å². The van der Waals surface area contributed by atoms with Crippen LogP contribution in [-0.2, 0) is 19.4 Å². The monoisotopic (exact) mass is 491 g/mol. The highest BCUT2D eigenvalue weighted by molar-refractivity contribution is 7.91. The van der Waals surface area contributed by atoms with Crippen molar-refractivity contribution < 1.29 is 22.3 Å². The van der Waals surface area contributed by atoms with E-state index in [0.717, 1.165) is 48.4 Å². The third kappa shape index (κ3) is 6.14. The highest BCUT2D eigenvalue weighted by Crippen LogP contribution is 2.29. The van der Waals surface area contributed by atoms with Crippen LogP contribution in [0.4, 0.5) is 9.52 Å². The molecule has 7 nitrogen and oxygen atoms in total. The minimum atomic E-state index is -3.70. The Morgan fingerprint density at radius 3 is 2.58 bits per heavy atom. The zero-order valence-electron chi connectivity index (χ0n) is 18.2. The number of morpholine rings is 1. The van der Waals surface area contributed by atoms with Crippen molar-refractivity contribution in [3.05, 3.63) is 54.3 Å². The standard InChI is InChI=1S/C23H26FN3O4S2/c24-18-6-8-19(9-7-18)33(29,30)17-10-22(28)27(12-3-11-26-13-15-31-16-14-26)23-25-20-4-1-2-5-21(20)32-23/h1-2,4-9H,3,10-17H2. The molecule has 33 heavy (non-hydrogen) atoms. The first-order chi connectivity index (χ1) is 15.9. The van der Waals surface area contributed by atoms with Gasteiger partial charge in [-0.2, -0.15) is 0 Å². The first-order valence-electron chi connectivity index (χ1n) is 10.9. The summed E-state index contributed by atoms with van der Waals surface area (Å²) in [5.41, 5.74) is 0.808. The fourth-order valence-corrected chi connectivity index (χ4v) is 5.93. The van der Waals surface area contributed by atoms with Gasteiger partial charge >= 0.3 is 0 Å². The molecule has 1 aromatic heterocycles. The van der Waals surface area contributed by atoms with E-state index in [-0.39, 0.29) is 23.0 Å². The van der Waals surface area contributed by atoms with Gasteiger partial charge in [0.1, 0.15) is 5.82 Å². The van der Waals surface area contributed by atoms with Gasteiger partial charge in [0.05, 0.1) is 34.1 Å². The summed E-state index contributed by atoms with van der Waals surface area (Å²) >= 11 is 1.42. The number of nitrogens with zero attached hydrogens (tertiary/aromatic N) is 3. The molecular formula is C23H26FN3O4S2. The number of hydrogen-bond acceptors (Lipinski definition) is 7. The van der Waals surface area contributed by atoms with Crippen molar-refractivity contribution >= 4 is 42.4 Å². The molecule has 1 aliphatic heterocycles. The summed E-state index contributed by atoms with van der Waals surface area (Å²) in [6.07, 6.45) is 0.569. The molecule has 2 aromatic carbocycles. The Hall–Kier alpha value is -2.40. The number of aromatic nitrogens is 1. The maximum Gasteiger partial charge on any atom is 0.229 e. The van der Waals surface area contributed by atoms with Gasteiger partial charge in [-0.3, -0.25) is 14.6 Å². The predicted octanol–water partition coefficient (Wildman–Crippen LogP) is 3.35. The molecule has 0 saturated carbocycles. The number of benzene rings is 2.